The summed E-state index contributed by atoms with van der Waals surface area (Å²) < 4.78 is 0. The normalized spacial score (nSPS) is 10.7. The highest BCUT2D eigenvalue weighted by molar-refractivity contribution is 7.62. The van der Waals surface area contributed by atoms with E-state index in [1.807, 2.05) is 24.5 Å². The number of allylic oxidation sites excluding steroid dienone is 1. The van der Waals surface area contributed by atoms with Crippen molar-refractivity contribution < 1.29 is 0 Å². The second-order valence-electron chi connectivity index (χ2n) is 4.78. The molecule has 0 aliphatic carbocycles. The van der Waals surface area contributed by atoms with Gasteiger partial charge in [0.1, 0.15) is 0 Å². The Balaban J connectivity index is 2.65. The molecule has 0 fully saturated rings. The van der Waals surface area contributed by atoms with Crippen molar-refractivity contribution in [3.05, 3.63) is 65.5 Å². The van der Waals surface area contributed by atoms with Gasteiger partial charge in [0.05, 0.1) is 11.4 Å². The zero-order valence-corrected chi connectivity index (χ0v) is 14.0. The van der Waals surface area contributed by atoms with Crippen molar-refractivity contribution >= 4 is 13.5 Å². The predicted molar refractivity (Wildman–Crippen MR) is 92.8 cm³/mol. The molecule has 0 amide bonds. The highest BCUT2D eigenvalue weighted by atomic mass is 31.1. The summed E-state index contributed by atoms with van der Waals surface area (Å²) in [4.78, 5) is 9.18. The molecule has 2 rings (SSSR count). The third-order valence-corrected chi connectivity index (χ3v) is 6.44. The molecule has 0 aliphatic heterocycles. The molecule has 0 N–H and O–H groups in total. The average Bonchev–Trinajstić information content (AvgIpc) is 2.56. The lowest BCUT2D eigenvalue weighted by Crippen LogP contribution is -2.00. The van der Waals surface area contributed by atoms with Crippen LogP contribution in [-0.4, -0.2) is 22.3 Å². The highest BCUT2D eigenvalue weighted by Gasteiger charge is 2.18. The Labute approximate surface area is 129 Å². The SMILES string of the molecule is CCC(=C(c1ccccn1)c1ccccn1)P(CC)CC. The number of pyridine rings is 2. The molecule has 0 radical (unpaired) electrons. The molecule has 3 heteroatoms. The third kappa shape index (κ3) is 3.77. The summed E-state index contributed by atoms with van der Waals surface area (Å²) in [6.45, 7) is 6.83. The van der Waals surface area contributed by atoms with E-state index in [9.17, 15) is 0 Å². The fraction of sp³-hybridized carbons (Fsp3) is 0.333. The highest BCUT2D eigenvalue weighted by Crippen LogP contribution is 2.50. The fourth-order valence-corrected chi connectivity index (χ4v) is 4.82. The monoisotopic (exact) mass is 298 g/mol. The standard InChI is InChI=1S/C18H23N2P/c1-4-17(21(5-2)6-3)18(15-11-7-9-13-19-15)16-12-8-10-14-20-16/h7-14H,4-6H2,1-3H3. The topological polar surface area (TPSA) is 25.8 Å². The van der Waals surface area contributed by atoms with Crippen molar-refractivity contribution in [2.75, 3.05) is 12.3 Å². The molecule has 2 aromatic heterocycles. The van der Waals surface area contributed by atoms with Crippen molar-refractivity contribution in [1.29, 1.82) is 0 Å². The smallest absolute Gasteiger partial charge is 0.0726 e. The molecule has 0 spiro atoms. The first-order valence-corrected chi connectivity index (χ1v) is 9.33. The molecule has 0 aliphatic rings. The minimum absolute atomic E-state index is 0.107. The van der Waals surface area contributed by atoms with Crippen LogP contribution in [0.25, 0.3) is 5.57 Å². The minimum atomic E-state index is -0.107. The lowest BCUT2D eigenvalue weighted by atomic mass is 10.1. The zero-order chi connectivity index (χ0) is 15.1. The summed E-state index contributed by atoms with van der Waals surface area (Å²) in [5, 5.41) is 1.53. The first-order valence-electron chi connectivity index (χ1n) is 7.62. The molecule has 21 heavy (non-hydrogen) atoms. The van der Waals surface area contributed by atoms with Crippen LogP contribution in [0.1, 0.15) is 38.6 Å². The van der Waals surface area contributed by atoms with Gasteiger partial charge < -0.3 is 0 Å². The Hall–Kier alpha value is -1.53. The Morgan fingerprint density at radius 3 is 1.71 bits per heavy atom. The number of nitrogens with zero attached hydrogens (tertiary/aromatic N) is 2. The summed E-state index contributed by atoms with van der Waals surface area (Å²) in [6.07, 6.45) is 7.24. The lowest BCUT2D eigenvalue weighted by Gasteiger charge is -2.21. The Morgan fingerprint density at radius 2 is 1.38 bits per heavy atom. The molecular weight excluding hydrogens is 275 g/mol. The van der Waals surface area contributed by atoms with Crippen LogP contribution in [0.2, 0.25) is 0 Å². The molecule has 0 bridgehead atoms. The van der Waals surface area contributed by atoms with Crippen LogP contribution in [0, 0.1) is 0 Å². The second kappa shape index (κ2) is 8.05. The quantitative estimate of drug-likeness (QED) is 0.688. The molecule has 0 aromatic carbocycles. The predicted octanol–water partition coefficient (Wildman–Crippen LogP) is 5.17. The van der Waals surface area contributed by atoms with Crippen molar-refractivity contribution in [3.8, 4) is 0 Å². The van der Waals surface area contributed by atoms with Gasteiger partial charge in [-0.1, -0.05) is 40.8 Å². The van der Waals surface area contributed by atoms with E-state index in [0.717, 1.165) is 17.8 Å². The van der Waals surface area contributed by atoms with Gasteiger partial charge in [-0.15, -0.1) is 0 Å². The second-order valence-corrected chi connectivity index (χ2v) is 7.66. The molecule has 2 nitrogen and oxygen atoms in total. The van der Waals surface area contributed by atoms with Gasteiger partial charge >= 0.3 is 0 Å². The lowest BCUT2D eigenvalue weighted by molar-refractivity contribution is 1.15. The average molecular weight is 298 g/mol. The maximum Gasteiger partial charge on any atom is 0.0726 e. The van der Waals surface area contributed by atoms with Gasteiger partial charge in [-0.2, -0.15) is 0 Å². The largest absolute Gasteiger partial charge is 0.256 e. The molecule has 2 heterocycles. The Morgan fingerprint density at radius 1 is 0.857 bits per heavy atom. The third-order valence-electron chi connectivity index (χ3n) is 3.61. The first kappa shape index (κ1) is 15.9. The molecule has 0 saturated carbocycles. The molecular formula is C18H23N2P. The van der Waals surface area contributed by atoms with E-state index in [1.54, 1.807) is 0 Å². The Kier molecular flexibility index (Phi) is 6.07. The van der Waals surface area contributed by atoms with Gasteiger partial charge in [-0.25, -0.2) is 0 Å². The summed E-state index contributed by atoms with van der Waals surface area (Å²) in [5.41, 5.74) is 3.33. The summed E-state index contributed by atoms with van der Waals surface area (Å²) in [6, 6.07) is 12.2. The zero-order valence-electron chi connectivity index (χ0n) is 13.1. The van der Waals surface area contributed by atoms with Crippen LogP contribution in [0.15, 0.2) is 54.1 Å². The van der Waals surface area contributed by atoms with Crippen molar-refractivity contribution in [3.63, 3.8) is 0 Å². The molecule has 0 saturated heterocycles. The summed E-state index contributed by atoms with van der Waals surface area (Å²) in [7, 11) is -0.107. The summed E-state index contributed by atoms with van der Waals surface area (Å²) >= 11 is 0. The van der Waals surface area contributed by atoms with Gasteiger partial charge in [0.15, 0.2) is 0 Å². The van der Waals surface area contributed by atoms with Gasteiger partial charge in [0.25, 0.3) is 0 Å². The number of hydrogen-bond donors (Lipinski definition) is 0. The van der Waals surface area contributed by atoms with E-state index in [0.29, 0.717) is 0 Å². The van der Waals surface area contributed by atoms with Crippen LogP contribution in [-0.2, 0) is 0 Å². The van der Waals surface area contributed by atoms with E-state index in [-0.39, 0.29) is 7.92 Å². The van der Waals surface area contributed by atoms with Crippen LogP contribution < -0.4 is 0 Å². The van der Waals surface area contributed by atoms with Crippen LogP contribution in [0.4, 0.5) is 0 Å². The minimum Gasteiger partial charge on any atom is -0.256 e. The van der Waals surface area contributed by atoms with Crippen molar-refractivity contribution in [2.24, 2.45) is 0 Å². The van der Waals surface area contributed by atoms with Gasteiger partial charge in [-0.3, -0.25) is 9.97 Å². The van der Waals surface area contributed by atoms with E-state index >= 15 is 0 Å². The van der Waals surface area contributed by atoms with E-state index in [1.165, 1.54) is 23.2 Å². The molecule has 2 aromatic rings. The number of hydrogen-bond acceptors (Lipinski definition) is 2. The Bertz CT molecular complexity index is 533. The van der Waals surface area contributed by atoms with Crippen molar-refractivity contribution in [2.45, 2.75) is 27.2 Å². The maximum atomic E-state index is 4.59. The summed E-state index contributed by atoms with van der Waals surface area (Å²) in [5.74, 6) is 0. The van der Waals surface area contributed by atoms with Crippen LogP contribution in [0.3, 0.4) is 0 Å². The maximum absolute atomic E-state index is 4.59. The van der Waals surface area contributed by atoms with E-state index < -0.39 is 0 Å². The fourth-order valence-electron chi connectivity index (χ4n) is 2.61. The van der Waals surface area contributed by atoms with Gasteiger partial charge in [0, 0.05) is 18.0 Å². The molecule has 0 atom stereocenters. The molecule has 0 unspecified atom stereocenters. The molecule has 110 valence electrons. The van der Waals surface area contributed by atoms with E-state index in [4.69, 9.17) is 0 Å². The number of aromatic nitrogens is 2. The van der Waals surface area contributed by atoms with Gasteiger partial charge in [0.2, 0.25) is 0 Å². The van der Waals surface area contributed by atoms with Crippen LogP contribution in [0.5, 0.6) is 0 Å². The van der Waals surface area contributed by atoms with Crippen molar-refractivity contribution in [1.82, 2.24) is 9.97 Å². The van der Waals surface area contributed by atoms with E-state index in [2.05, 4.69) is 55.0 Å². The van der Waals surface area contributed by atoms with Gasteiger partial charge in [-0.05, 0) is 48.3 Å². The number of rotatable bonds is 6. The van der Waals surface area contributed by atoms with Crippen LogP contribution >= 0.6 is 7.92 Å². The first-order chi connectivity index (χ1) is 10.3.